The van der Waals surface area contributed by atoms with Crippen LogP contribution in [0.3, 0.4) is 0 Å². The minimum atomic E-state index is -0.287. The van der Waals surface area contributed by atoms with Gasteiger partial charge in [-0.3, -0.25) is 9.59 Å². The topological polar surface area (TPSA) is 72.2 Å². The van der Waals surface area contributed by atoms with Crippen molar-refractivity contribution in [3.8, 4) is 0 Å². The number of nitrogens with zero attached hydrogens (tertiary/aromatic N) is 1. The molecule has 5 nitrogen and oxygen atoms in total. The fourth-order valence-corrected chi connectivity index (χ4v) is 2.64. The van der Waals surface area contributed by atoms with Gasteiger partial charge in [-0.1, -0.05) is 28.0 Å². The molecule has 1 heterocycles. The van der Waals surface area contributed by atoms with Gasteiger partial charge in [0.1, 0.15) is 11.3 Å². The monoisotopic (exact) mass is 398 g/mol. The van der Waals surface area contributed by atoms with Crippen molar-refractivity contribution in [1.82, 2.24) is 5.16 Å². The number of nitrogens with one attached hydrogen (secondary N) is 1. The lowest BCUT2D eigenvalue weighted by Gasteiger charge is -2.06. The summed E-state index contributed by atoms with van der Waals surface area (Å²) in [4.78, 5) is 24.7. The van der Waals surface area contributed by atoms with Crippen LogP contribution in [-0.4, -0.2) is 16.8 Å². The molecule has 1 aromatic heterocycles. The van der Waals surface area contributed by atoms with E-state index in [4.69, 9.17) is 4.52 Å². The van der Waals surface area contributed by atoms with E-state index in [1.165, 1.54) is 6.20 Å². The Morgan fingerprint density at radius 1 is 1.04 bits per heavy atom. The quantitative estimate of drug-likeness (QED) is 0.642. The predicted molar refractivity (Wildman–Crippen MR) is 97.9 cm³/mol. The fraction of sp³-hybridized carbons (Fsp3) is 0.105. The fourth-order valence-electron chi connectivity index (χ4n) is 2.38. The van der Waals surface area contributed by atoms with Crippen LogP contribution < -0.4 is 5.32 Å². The summed E-state index contributed by atoms with van der Waals surface area (Å²) >= 11 is 3.35. The van der Waals surface area contributed by atoms with Crippen molar-refractivity contribution in [3.63, 3.8) is 0 Å². The van der Waals surface area contributed by atoms with Gasteiger partial charge in [-0.05, 0) is 48.5 Å². The summed E-state index contributed by atoms with van der Waals surface area (Å²) in [5, 5.41) is 6.42. The minimum absolute atomic E-state index is 0.0716. The zero-order chi connectivity index (χ0) is 17.8. The first-order valence-electron chi connectivity index (χ1n) is 7.73. The molecule has 0 aliphatic heterocycles. The summed E-state index contributed by atoms with van der Waals surface area (Å²) in [6.45, 7) is 1.89. The van der Waals surface area contributed by atoms with Crippen molar-refractivity contribution in [3.05, 3.63) is 81.7 Å². The highest BCUT2D eigenvalue weighted by atomic mass is 79.9. The largest absolute Gasteiger partial charge is 0.361 e. The minimum Gasteiger partial charge on any atom is -0.361 e. The van der Waals surface area contributed by atoms with Gasteiger partial charge in [0.15, 0.2) is 5.78 Å². The van der Waals surface area contributed by atoms with E-state index in [0.717, 1.165) is 4.47 Å². The molecule has 0 unspecified atom stereocenters. The van der Waals surface area contributed by atoms with E-state index < -0.39 is 0 Å². The van der Waals surface area contributed by atoms with Crippen LogP contribution in [-0.2, 0) is 6.42 Å². The van der Waals surface area contributed by atoms with Gasteiger partial charge in [0, 0.05) is 27.7 Å². The molecule has 0 saturated heterocycles. The van der Waals surface area contributed by atoms with E-state index >= 15 is 0 Å². The van der Waals surface area contributed by atoms with Crippen LogP contribution in [0.25, 0.3) is 0 Å². The van der Waals surface area contributed by atoms with Crippen molar-refractivity contribution in [2.45, 2.75) is 13.3 Å². The molecule has 2 aromatic carbocycles. The van der Waals surface area contributed by atoms with E-state index in [1.54, 1.807) is 36.4 Å². The maximum atomic E-state index is 12.4. The number of amides is 1. The Balaban J connectivity index is 1.73. The Bertz CT molecular complexity index is 899. The predicted octanol–water partition coefficient (Wildman–Crippen LogP) is 4.48. The van der Waals surface area contributed by atoms with Crippen molar-refractivity contribution in [1.29, 1.82) is 0 Å². The van der Waals surface area contributed by atoms with E-state index in [0.29, 0.717) is 34.6 Å². The number of aryl methyl sites for hydroxylation is 1. The van der Waals surface area contributed by atoms with Crippen molar-refractivity contribution in [2.75, 3.05) is 5.32 Å². The summed E-state index contributed by atoms with van der Waals surface area (Å²) in [7, 11) is 0. The van der Waals surface area contributed by atoms with Gasteiger partial charge in [-0.2, -0.15) is 0 Å². The lowest BCUT2D eigenvalue weighted by atomic mass is 10.0. The first-order valence-corrected chi connectivity index (χ1v) is 8.53. The molecule has 6 heteroatoms. The third-order valence-corrected chi connectivity index (χ3v) is 4.25. The molecule has 0 spiro atoms. The molecule has 126 valence electrons. The van der Waals surface area contributed by atoms with E-state index in [1.807, 2.05) is 19.1 Å². The lowest BCUT2D eigenvalue weighted by Crippen LogP contribution is -2.13. The number of ketones is 1. The van der Waals surface area contributed by atoms with Gasteiger partial charge in [-0.15, -0.1) is 0 Å². The third-order valence-electron chi connectivity index (χ3n) is 3.72. The molecule has 0 radical (unpaired) electrons. The summed E-state index contributed by atoms with van der Waals surface area (Å²) < 4.78 is 5.94. The maximum absolute atomic E-state index is 12.4. The molecule has 0 bridgehead atoms. The normalized spacial score (nSPS) is 10.5. The molecule has 3 rings (SSSR count). The van der Waals surface area contributed by atoms with Gasteiger partial charge in [0.2, 0.25) is 0 Å². The highest BCUT2D eigenvalue weighted by Crippen LogP contribution is 2.17. The number of hydrogen-bond donors (Lipinski definition) is 1. The number of hydrogen-bond acceptors (Lipinski definition) is 4. The van der Waals surface area contributed by atoms with Crippen molar-refractivity contribution >= 4 is 33.3 Å². The Morgan fingerprint density at radius 3 is 2.24 bits per heavy atom. The number of halogens is 1. The van der Waals surface area contributed by atoms with Gasteiger partial charge in [0.05, 0.1) is 6.20 Å². The molecule has 0 saturated carbocycles. The summed E-state index contributed by atoms with van der Waals surface area (Å²) in [6, 6.07) is 14.0. The van der Waals surface area contributed by atoms with Crippen molar-refractivity contribution < 1.29 is 14.1 Å². The van der Waals surface area contributed by atoms with Crippen LogP contribution in [0.4, 0.5) is 5.69 Å². The summed E-state index contributed by atoms with van der Waals surface area (Å²) in [6.07, 6.45) is 1.99. The van der Waals surface area contributed by atoms with Gasteiger partial charge in [-0.25, -0.2) is 0 Å². The molecule has 1 N–H and O–H groups in total. The number of carbonyl (C=O) groups is 2. The molecule has 1 amide bonds. The molecular weight excluding hydrogens is 384 g/mol. The maximum Gasteiger partial charge on any atom is 0.260 e. The Kier molecular flexibility index (Phi) is 5.09. The molecule has 0 fully saturated rings. The zero-order valence-electron chi connectivity index (χ0n) is 13.5. The number of benzene rings is 2. The zero-order valence-corrected chi connectivity index (χ0v) is 15.0. The Labute approximate surface area is 153 Å². The second-order valence-electron chi connectivity index (χ2n) is 5.38. The molecule has 25 heavy (non-hydrogen) atoms. The smallest absolute Gasteiger partial charge is 0.260 e. The van der Waals surface area contributed by atoms with E-state index in [2.05, 4.69) is 26.4 Å². The average molecular weight is 399 g/mol. The van der Waals surface area contributed by atoms with Gasteiger partial charge >= 0.3 is 0 Å². The van der Waals surface area contributed by atoms with Crippen LogP contribution in [0.2, 0.25) is 0 Å². The number of carbonyl (C=O) groups excluding carboxylic acids is 2. The molecular formula is C19H15BrN2O3. The Hall–Kier alpha value is -2.73. The second-order valence-corrected chi connectivity index (χ2v) is 6.30. The lowest BCUT2D eigenvalue weighted by molar-refractivity contribution is 0.102. The average Bonchev–Trinajstić information content (AvgIpc) is 3.11. The summed E-state index contributed by atoms with van der Waals surface area (Å²) in [5.74, 6) is 0.183. The van der Waals surface area contributed by atoms with Crippen LogP contribution >= 0.6 is 15.9 Å². The number of aromatic nitrogens is 1. The molecule has 0 atom stereocenters. The Morgan fingerprint density at radius 2 is 1.64 bits per heavy atom. The van der Waals surface area contributed by atoms with Gasteiger partial charge < -0.3 is 9.84 Å². The first-order chi connectivity index (χ1) is 12.1. The van der Waals surface area contributed by atoms with Crippen LogP contribution in [0.1, 0.15) is 39.0 Å². The SMILES string of the molecule is CCc1oncc1C(=O)Nc1ccc(C(=O)c2ccc(Br)cc2)cc1. The van der Waals surface area contributed by atoms with E-state index in [-0.39, 0.29) is 11.7 Å². The first kappa shape index (κ1) is 17.1. The van der Waals surface area contributed by atoms with E-state index in [9.17, 15) is 9.59 Å². The third kappa shape index (κ3) is 3.85. The standard InChI is InChI=1S/C19H15BrN2O3/c1-2-17-16(11-21-25-17)19(24)22-15-9-5-13(6-10-15)18(23)12-3-7-14(20)8-4-12/h3-11H,2H2,1H3,(H,22,24). The van der Waals surface area contributed by atoms with Crippen molar-refractivity contribution in [2.24, 2.45) is 0 Å². The van der Waals surface area contributed by atoms with Gasteiger partial charge in [0.25, 0.3) is 5.91 Å². The molecule has 0 aliphatic rings. The summed E-state index contributed by atoms with van der Waals surface area (Å²) in [5.41, 5.74) is 2.18. The number of rotatable bonds is 5. The highest BCUT2D eigenvalue weighted by Gasteiger charge is 2.15. The second kappa shape index (κ2) is 7.44. The van der Waals surface area contributed by atoms with Crippen LogP contribution in [0.15, 0.2) is 63.7 Å². The molecule has 0 aliphatic carbocycles. The number of anilines is 1. The highest BCUT2D eigenvalue weighted by molar-refractivity contribution is 9.10. The van der Waals surface area contributed by atoms with Crippen LogP contribution in [0.5, 0.6) is 0 Å². The molecule has 3 aromatic rings. The van der Waals surface area contributed by atoms with Crippen LogP contribution in [0, 0.1) is 0 Å².